The van der Waals surface area contributed by atoms with Gasteiger partial charge in [0.2, 0.25) is 0 Å². The molecule has 0 aromatic carbocycles. The van der Waals surface area contributed by atoms with Crippen molar-refractivity contribution in [1.82, 2.24) is 10.1 Å². The minimum atomic E-state index is -0.476. The van der Waals surface area contributed by atoms with Crippen LogP contribution in [0.2, 0.25) is 0 Å². The SMILES string of the molecule is O=C(CCC(=O)ON1C=NCC1)ON1C=NCC1. The van der Waals surface area contributed by atoms with Crippen molar-refractivity contribution in [3.05, 3.63) is 0 Å². The van der Waals surface area contributed by atoms with E-state index in [1.54, 1.807) is 0 Å². The molecule has 98 valence electrons. The Morgan fingerprint density at radius 3 is 1.72 bits per heavy atom. The van der Waals surface area contributed by atoms with E-state index in [2.05, 4.69) is 9.98 Å². The third-order valence-corrected chi connectivity index (χ3v) is 2.29. The van der Waals surface area contributed by atoms with Crippen molar-refractivity contribution in [1.29, 1.82) is 0 Å². The Hall–Kier alpha value is -2.12. The minimum Gasteiger partial charge on any atom is -0.340 e. The van der Waals surface area contributed by atoms with Crippen LogP contribution in [-0.2, 0) is 19.3 Å². The monoisotopic (exact) mass is 254 g/mol. The van der Waals surface area contributed by atoms with E-state index in [0.29, 0.717) is 26.2 Å². The molecule has 0 radical (unpaired) electrons. The fraction of sp³-hybridized carbons (Fsp3) is 0.600. The molecule has 18 heavy (non-hydrogen) atoms. The molecular formula is C10H14N4O4. The minimum absolute atomic E-state index is 0.0197. The molecule has 0 fully saturated rings. The second kappa shape index (κ2) is 5.99. The predicted molar refractivity (Wildman–Crippen MR) is 61.5 cm³/mol. The van der Waals surface area contributed by atoms with Gasteiger partial charge in [-0.1, -0.05) is 0 Å². The van der Waals surface area contributed by atoms with E-state index in [1.807, 2.05) is 0 Å². The second-order valence-electron chi connectivity index (χ2n) is 3.75. The molecule has 8 nitrogen and oxygen atoms in total. The normalized spacial score (nSPS) is 17.3. The van der Waals surface area contributed by atoms with Crippen molar-refractivity contribution in [2.45, 2.75) is 12.8 Å². The van der Waals surface area contributed by atoms with E-state index in [1.165, 1.54) is 22.8 Å². The largest absolute Gasteiger partial charge is 0.340 e. The highest BCUT2D eigenvalue weighted by atomic mass is 16.7. The molecule has 2 heterocycles. The summed E-state index contributed by atoms with van der Waals surface area (Å²) in [4.78, 5) is 40.4. The molecule has 0 aromatic rings. The maximum atomic E-state index is 11.4. The molecule has 0 spiro atoms. The van der Waals surface area contributed by atoms with Crippen molar-refractivity contribution in [2.24, 2.45) is 9.98 Å². The van der Waals surface area contributed by atoms with E-state index in [0.717, 1.165) is 0 Å². The van der Waals surface area contributed by atoms with Gasteiger partial charge in [-0.15, -0.1) is 0 Å². The summed E-state index contributed by atoms with van der Waals surface area (Å²) < 4.78 is 0. The summed E-state index contributed by atoms with van der Waals surface area (Å²) in [6.07, 6.45) is 2.87. The lowest BCUT2D eigenvalue weighted by molar-refractivity contribution is -0.177. The van der Waals surface area contributed by atoms with Gasteiger partial charge in [0, 0.05) is 0 Å². The number of carbonyl (C=O) groups is 2. The van der Waals surface area contributed by atoms with Gasteiger partial charge in [0.05, 0.1) is 39.0 Å². The molecule has 0 aromatic heterocycles. The smallest absolute Gasteiger partial charge is 0.333 e. The van der Waals surface area contributed by atoms with Gasteiger partial charge in [0.25, 0.3) is 0 Å². The van der Waals surface area contributed by atoms with Crippen molar-refractivity contribution in [3.8, 4) is 0 Å². The van der Waals surface area contributed by atoms with Crippen LogP contribution in [0, 0.1) is 0 Å². The molecular weight excluding hydrogens is 240 g/mol. The molecule has 2 aliphatic rings. The highest BCUT2D eigenvalue weighted by molar-refractivity contribution is 5.78. The van der Waals surface area contributed by atoms with Crippen molar-refractivity contribution in [2.75, 3.05) is 26.2 Å². The fourth-order valence-electron chi connectivity index (χ4n) is 1.42. The third kappa shape index (κ3) is 3.72. The standard InChI is InChI=1S/C10H14N4O4/c15-9(17-13-5-3-11-7-13)1-2-10(16)18-14-6-4-12-8-14/h7-8H,1-6H2. The van der Waals surface area contributed by atoms with Crippen LogP contribution < -0.4 is 0 Å². The molecule has 0 aliphatic carbocycles. The van der Waals surface area contributed by atoms with Crippen LogP contribution >= 0.6 is 0 Å². The zero-order chi connectivity index (χ0) is 12.8. The molecule has 0 bridgehead atoms. The summed E-state index contributed by atoms with van der Waals surface area (Å²) in [5, 5.41) is 2.70. The molecule has 0 saturated heterocycles. The molecule has 0 amide bonds. The van der Waals surface area contributed by atoms with Crippen molar-refractivity contribution in [3.63, 3.8) is 0 Å². The molecule has 0 unspecified atom stereocenters. The maximum Gasteiger partial charge on any atom is 0.333 e. The highest BCUT2D eigenvalue weighted by Crippen LogP contribution is 2.02. The Morgan fingerprint density at radius 2 is 1.39 bits per heavy atom. The number of carbonyl (C=O) groups excluding carboxylic acids is 2. The van der Waals surface area contributed by atoms with Crippen LogP contribution in [0.25, 0.3) is 0 Å². The van der Waals surface area contributed by atoms with Gasteiger partial charge in [-0.05, 0) is 0 Å². The van der Waals surface area contributed by atoms with Crippen LogP contribution in [0.3, 0.4) is 0 Å². The number of aliphatic imine (C=N–C) groups is 2. The lowest BCUT2D eigenvalue weighted by atomic mass is 10.3. The quantitative estimate of drug-likeness (QED) is 0.649. The van der Waals surface area contributed by atoms with Crippen LogP contribution in [0.15, 0.2) is 9.98 Å². The van der Waals surface area contributed by atoms with Gasteiger partial charge in [0.15, 0.2) is 0 Å². The first-order chi connectivity index (χ1) is 8.74. The molecule has 8 heteroatoms. The van der Waals surface area contributed by atoms with Crippen molar-refractivity contribution >= 4 is 24.6 Å². The zero-order valence-corrected chi connectivity index (χ0v) is 9.82. The zero-order valence-electron chi connectivity index (χ0n) is 9.82. The molecule has 2 aliphatic heterocycles. The molecule has 0 saturated carbocycles. The van der Waals surface area contributed by atoms with Crippen LogP contribution in [0.5, 0.6) is 0 Å². The Balaban J connectivity index is 1.61. The van der Waals surface area contributed by atoms with E-state index in [4.69, 9.17) is 9.68 Å². The predicted octanol–water partition coefficient (Wildman–Crippen LogP) is -0.629. The van der Waals surface area contributed by atoms with Crippen LogP contribution in [-0.4, -0.2) is 60.9 Å². The molecule has 0 atom stereocenters. The van der Waals surface area contributed by atoms with Gasteiger partial charge in [-0.3, -0.25) is 9.98 Å². The van der Waals surface area contributed by atoms with E-state index < -0.39 is 11.9 Å². The number of hydrogen-bond acceptors (Lipinski definition) is 8. The van der Waals surface area contributed by atoms with E-state index in [-0.39, 0.29) is 12.8 Å². The van der Waals surface area contributed by atoms with Crippen molar-refractivity contribution < 1.29 is 19.3 Å². The summed E-state index contributed by atoms with van der Waals surface area (Å²) in [5.41, 5.74) is 0. The highest BCUT2D eigenvalue weighted by Gasteiger charge is 2.16. The summed E-state index contributed by atoms with van der Waals surface area (Å²) >= 11 is 0. The van der Waals surface area contributed by atoms with E-state index >= 15 is 0 Å². The first-order valence-electron chi connectivity index (χ1n) is 5.69. The van der Waals surface area contributed by atoms with Gasteiger partial charge < -0.3 is 9.68 Å². The number of nitrogens with zero attached hydrogens (tertiary/aromatic N) is 4. The van der Waals surface area contributed by atoms with Gasteiger partial charge in [0.1, 0.15) is 12.7 Å². The first kappa shape index (κ1) is 12.3. The molecule has 0 N–H and O–H groups in total. The number of rotatable bonds is 5. The number of hydrogen-bond donors (Lipinski definition) is 0. The van der Waals surface area contributed by atoms with Crippen LogP contribution in [0.1, 0.15) is 12.8 Å². The van der Waals surface area contributed by atoms with Crippen LogP contribution in [0.4, 0.5) is 0 Å². The Kier molecular flexibility index (Phi) is 4.11. The average Bonchev–Trinajstić information content (AvgIpc) is 2.99. The average molecular weight is 254 g/mol. The summed E-state index contributed by atoms with van der Waals surface area (Å²) in [5.74, 6) is -0.953. The fourth-order valence-corrected chi connectivity index (χ4v) is 1.42. The number of hydroxylamine groups is 4. The van der Waals surface area contributed by atoms with Gasteiger partial charge in [-0.2, -0.15) is 10.1 Å². The Labute approximate surface area is 104 Å². The lowest BCUT2D eigenvalue weighted by Crippen LogP contribution is -2.26. The topological polar surface area (TPSA) is 83.8 Å². The summed E-state index contributed by atoms with van der Waals surface area (Å²) in [6.45, 7) is 2.34. The maximum absolute atomic E-state index is 11.4. The third-order valence-electron chi connectivity index (χ3n) is 2.29. The summed E-state index contributed by atoms with van der Waals surface area (Å²) in [7, 11) is 0. The second-order valence-corrected chi connectivity index (χ2v) is 3.75. The molecule has 2 rings (SSSR count). The van der Waals surface area contributed by atoms with Gasteiger partial charge >= 0.3 is 11.9 Å². The Morgan fingerprint density at radius 1 is 0.944 bits per heavy atom. The lowest BCUT2D eigenvalue weighted by Gasteiger charge is -2.14. The summed E-state index contributed by atoms with van der Waals surface area (Å²) in [6, 6.07) is 0. The van der Waals surface area contributed by atoms with Gasteiger partial charge in [-0.25, -0.2) is 9.59 Å². The Bertz CT molecular complexity index is 346. The first-order valence-corrected chi connectivity index (χ1v) is 5.69. The van der Waals surface area contributed by atoms with E-state index in [9.17, 15) is 9.59 Å².